The fraction of sp³-hybridized carbons (Fsp3) is 0.462. The second-order valence-corrected chi connectivity index (χ2v) is 8.71. The van der Waals surface area contributed by atoms with Crippen LogP contribution in [0.2, 0.25) is 0 Å². The van der Waals surface area contributed by atoms with Crippen LogP contribution in [0.1, 0.15) is 12.8 Å². The molecule has 2 rings (SSSR count). The summed E-state index contributed by atoms with van der Waals surface area (Å²) in [4.78, 5) is 13.8. The van der Waals surface area contributed by atoms with Crippen molar-refractivity contribution in [1.82, 2.24) is 9.21 Å². The highest BCUT2D eigenvalue weighted by Gasteiger charge is 2.40. The molecule has 116 valence electrons. The van der Waals surface area contributed by atoms with Gasteiger partial charge in [-0.15, -0.1) is 0 Å². The number of rotatable bonds is 3. The van der Waals surface area contributed by atoms with Crippen molar-refractivity contribution in [3.63, 3.8) is 0 Å². The van der Waals surface area contributed by atoms with Gasteiger partial charge in [0.05, 0.1) is 4.90 Å². The Morgan fingerprint density at radius 1 is 1.33 bits per heavy atom. The Morgan fingerprint density at radius 2 is 2.00 bits per heavy atom. The third-order valence-corrected chi connectivity index (χ3v) is 6.80. The van der Waals surface area contributed by atoms with E-state index in [4.69, 9.17) is 0 Å². The molecule has 0 radical (unpaired) electrons. The number of hydrogen-bond acceptors (Lipinski definition) is 3. The first kappa shape index (κ1) is 16.9. The lowest BCUT2D eigenvalue weighted by Crippen LogP contribution is -2.45. The van der Waals surface area contributed by atoms with Gasteiger partial charge in [0.15, 0.2) is 0 Å². The van der Waals surface area contributed by atoms with Crippen molar-refractivity contribution in [3.05, 3.63) is 27.1 Å². The lowest BCUT2D eigenvalue weighted by Gasteiger charge is -2.26. The summed E-state index contributed by atoms with van der Waals surface area (Å²) in [7, 11) is -0.432. The Labute approximate surface area is 141 Å². The molecule has 1 aliphatic heterocycles. The maximum atomic E-state index is 12.8. The second-order valence-electron chi connectivity index (χ2n) is 5.08. The van der Waals surface area contributed by atoms with Crippen LogP contribution in [-0.2, 0) is 14.8 Å². The Balaban J connectivity index is 2.43. The van der Waals surface area contributed by atoms with Gasteiger partial charge < -0.3 is 4.90 Å². The Bertz CT molecular complexity index is 661. The average molecular weight is 440 g/mol. The van der Waals surface area contributed by atoms with Crippen molar-refractivity contribution in [1.29, 1.82) is 0 Å². The summed E-state index contributed by atoms with van der Waals surface area (Å²) in [5.41, 5.74) is 0. The predicted octanol–water partition coefficient (Wildman–Crippen LogP) is 2.45. The van der Waals surface area contributed by atoms with Crippen LogP contribution < -0.4 is 0 Å². The lowest BCUT2D eigenvalue weighted by molar-refractivity contribution is -0.132. The van der Waals surface area contributed by atoms with Crippen LogP contribution in [0.4, 0.5) is 0 Å². The summed E-state index contributed by atoms with van der Waals surface area (Å²) in [6, 6.07) is 4.37. The van der Waals surface area contributed by atoms with Crippen molar-refractivity contribution in [2.75, 3.05) is 20.6 Å². The molecule has 1 aromatic rings. The molecule has 1 atom stereocenters. The maximum absolute atomic E-state index is 12.8. The van der Waals surface area contributed by atoms with Gasteiger partial charge in [0.25, 0.3) is 0 Å². The molecule has 1 fully saturated rings. The molecule has 1 saturated heterocycles. The van der Waals surface area contributed by atoms with Gasteiger partial charge in [-0.05, 0) is 47.0 Å². The Morgan fingerprint density at radius 3 is 2.62 bits per heavy atom. The molecule has 0 N–H and O–H groups in total. The first-order chi connectivity index (χ1) is 9.75. The van der Waals surface area contributed by atoms with Crippen molar-refractivity contribution in [2.24, 2.45) is 0 Å². The molecule has 1 heterocycles. The molecule has 0 unspecified atom stereocenters. The second kappa shape index (κ2) is 6.36. The molecule has 21 heavy (non-hydrogen) atoms. The fourth-order valence-electron chi connectivity index (χ4n) is 2.37. The lowest BCUT2D eigenvalue weighted by atomic mass is 10.2. The Kier molecular flexibility index (Phi) is 5.12. The molecule has 0 aromatic heterocycles. The van der Waals surface area contributed by atoms with E-state index in [9.17, 15) is 13.2 Å². The number of hydrogen-bond donors (Lipinski definition) is 0. The monoisotopic (exact) mass is 438 g/mol. The zero-order valence-electron chi connectivity index (χ0n) is 11.7. The number of benzene rings is 1. The number of carbonyl (C=O) groups excluding carboxylic acids is 1. The number of sulfonamides is 1. The van der Waals surface area contributed by atoms with E-state index in [1.807, 2.05) is 0 Å². The van der Waals surface area contributed by atoms with Crippen LogP contribution in [0.15, 0.2) is 32.0 Å². The highest BCUT2D eigenvalue weighted by Crippen LogP contribution is 2.32. The normalized spacial score (nSPS) is 19.7. The van der Waals surface area contributed by atoms with Crippen LogP contribution in [0.5, 0.6) is 0 Å². The summed E-state index contributed by atoms with van der Waals surface area (Å²) in [5.74, 6) is -0.179. The molecule has 1 aliphatic rings. The molecule has 1 amide bonds. The van der Waals surface area contributed by atoms with Crippen molar-refractivity contribution < 1.29 is 13.2 Å². The van der Waals surface area contributed by atoms with Crippen LogP contribution in [0.25, 0.3) is 0 Å². The van der Waals surface area contributed by atoms with E-state index in [0.29, 0.717) is 28.3 Å². The van der Waals surface area contributed by atoms with E-state index in [2.05, 4.69) is 31.9 Å². The standard InChI is InChI=1S/C13H16Br2N2O3S/c1-16(2)13(18)11-4-3-7-17(11)21(19,20)12-8-9(14)5-6-10(12)15/h5-6,8,11H,3-4,7H2,1-2H3/t11-/m1/s1. The van der Waals surface area contributed by atoms with Crippen LogP contribution >= 0.6 is 31.9 Å². The number of carbonyl (C=O) groups is 1. The van der Waals surface area contributed by atoms with E-state index in [0.717, 1.165) is 0 Å². The van der Waals surface area contributed by atoms with Crippen LogP contribution in [0, 0.1) is 0 Å². The van der Waals surface area contributed by atoms with Gasteiger partial charge >= 0.3 is 0 Å². The van der Waals surface area contributed by atoms with Crippen LogP contribution in [0.3, 0.4) is 0 Å². The minimum Gasteiger partial charge on any atom is -0.347 e. The van der Waals surface area contributed by atoms with E-state index in [-0.39, 0.29) is 10.8 Å². The molecule has 0 saturated carbocycles. The van der Waals surface area contributed by atoms with Gasteiger partial charge in [-0.25, -0.2) is 8.42 Å². The highest BCUT2D eigenvalue weighted by molar-refractivity contribution is 9.11. The largest absolute Gasteiger partial charge is 0.347 e. The van der Waals surface area contributed by atoms with Gasteiger partial charge in [-0.2, -0.15) is 4.31 Å². The van der Waals surface area contributed by atoms with E-state index in [1.54, 1.807) is 32.3 Å². The summed E-state index contributed by atoms with van der Waals surface area (Å²) < 4.78 is 28.2. The number of amides is 1. The fourth-order valence-corrected chi connectivity index (χ4v) is 5.49. The Hall–Kier alpha value is -0.440. The highest BCUT2D eigenvalue weighted by atomic mass is 79.9. The van der Waals surface area contributed by atoms with E-state index < -0.39 is 16.1 Å². The smallest absolute Gasteiger partial charge is 0.244 e. The van der Waals surface area contributed by atoms with E-state index >= 15 is 0 Å². The predicted molar refractivity (Wildman–Crippen MR) is 87.4 cm³/mol. The van der Waals surface area contributed by atoms with Gasteiger partial charge in [0, 0.05) is 29.6 Å². The van der Waals surface area contributed by atoms with Gasteiger partial charge in [-0.1, -0.05) is 15.9 Å². The SMILES string of the molecule is CN(C)C(=O)[C@H]1CCCN1S(=O)(=O)c1cc(Br)ccc1Br. The third-order valence-electron chi connectivity index (χ3n) is 3.41. The van der Waals surface area contributed by atoms with Crippen LogP contribution in [-0.4, -0.2) is 50.2 Å². The summed E-state index contributed by atoms with van der Waals surface area (Å²) >= 11 is 6.56. The molecule has 0 spiro atoms. The first-order valence-corrected chi connectivity index (χ1v) is 9.46. The van der Waals surface area contributed by atoms with Crippen molar-refractivity contribution >= 4 is 47.8 Å². The van der Waals surface area contributed by atoms with E-state index in [1.165, 1.54) is 9.21 Å². The molecular weight excluding hydrogens is 424 g/mol. The molecule has 0 aliphatic carbocycles. The molecule has 8 heteroatoms. The van der Waals surface area contributed by atoms with Gasteiger partial charge in [0.1, 0.15) is 6.04 Å². The van der Waals surface area contributed by atoms with Gasteiger partial charge in [0.2, 0.25) is 15.9 Å². The summed E-state index contributed by atoms with van der Waals surface area (Å²) in [5, 5.41) is 0. The zero-order valence-corrected chi connectivity index (χ0v) is 15.7. The molecule has 0 bridgehead atoms. The van der Waals surface area contributed by atoms with Crippen molar-refractivity contribution in [2.45, 2.75) is 23.8 Å². The molecule has 1 aromatic carbocycles. The zero-order chi connectivity index (χ0) is 15.8. The van der Waals surface area contributed by atoms with Gasteiger partial charge in [-0.3, -0.25) is 4.79 Å². The number of likely N-dealkylation sites (N-methyl/N-ethyl adjacent to an activating group) is 1. The molecular formula is C13H16Br2N2O3S. The number of nitrogens with zero attached hydrogens (tertiary/aromatic N) is 2. The maximum Gasteiger partial charge on any atom is 0.244 e. The minimum atomic E-state index is -3.71. The third kappa shape index (κ3) is 3.33. The van der Waals surface area contributed by atoms with Crippen molar-refractivity contribution in [3.8, 4) is 0 Å². The minimum absolute atomic E-state index is 0.176. The first-order valence-electron chi connectivity index (χ1n) is 6.43. The topological polar surface area (TPSA) is 57.7 Å². The summed E-state index contributed by atoms with van der Waals surface area (Å²) in [6.45, 7) is 0.367. The average Bonchev–Trinajstić information content (AvgIpc) is 2.90. The number of halogens is 2. The quantitative estimate of drug-likeness (QED) is 0.726. The molecule has 5 nitrogen and oxygen atoms in total. The summed E-state index contributed by atoms with van der Waals surface area (Å²) in [6.07, 6.45) is 1.25.